The highest BCUT2D eigenvalue weighted by atomic mass is 16.3. The van der Waals surface area contributed by atoms with Crippen LogP contribution >= 0.6 is 0 Å². The lowest BCUT2D eigenvalue weighted by Crippen LogP contribution is -1.93. The summed E-state index contributed by atoms with van der Waals surface area (Å²) in [7, 11) is 0. The SMILES string of the molecule is c1ccc(-n2c3ccccc3c3ccc(-c4cncc(-c5ccc6oc7ccc(-n8c9ccccc9c9ccccc98)cc7c6c5)c4)cc32)cc1. The summed E-state index contributed by atoms with van der Waals surface area (Å²) < 4.78 is 11.1. The number of furan rings is 1. The zero-order chi connectivity index (χ0) is 33.5. The van der Waals surface area contributed by atoms with Gasteiger partial charge in [-0.25, -0.2) is 0 Å². The van der Waals surface area contributed by atoms with Crippen molar-refractivity contribution in [1.29, 1.82) is 0 Å². The molecule has 0 saturated heterocycles. The van der Waals surface area contributed by atoms with Crippen LogP contribution in [-0.2, 0) is 0 Å². The van der Waals surface area contributed by atoms with Gasteiger partial charge in [-0.3, -0.25) is 4.98 Å². The molecular weight excluding hydrogens is 623 g/mol. The minimum absolute atomic E-state index is 0.872. The van der Waals surface area contributed by atoms with Crippen molar-refractivity contribution in [2.45, 2.75) is 0 Å². The van der Waals surface area contributed by atoms with Crippen LogP contribution in [0.2, 0.25) is 0 Å². The molecule has 0 fully saturated rings. The van der Waals surface area contributed by atoms with Crippen molar-refractivity contribution in [1.82, 2.24) is 14.1 Å². The van der Waals surface area contributed by atoms with Gasteiger partial charge in [0.2, 0.25) is 0 Å². The average molecular weight is 652 g/mol. The lowest BCUT2D eigenvalue weighted by Gasteiger charge is -2.10. The first kappa shape index (κ1) is 28.0. The van der Waals surface area contributed by atoms with Crippen molar-refractivity contribution in [3.63, 3.8) is 0 Å². The van der Waals surface area contributed by atoms with Gasteiger partial charge >= 0.3 is 0 Å². The Hall–Kier alpha value is -6.91. The molecular formula is C47H29N3O. The van der Waals surface area contributed by atoms with Crippen LogP contribution in [0, 0.1) is 0 Å². The fourth-order valence-electron chi connectivity index (χ4n) is 8.05. The van der Waals surface area contributed by atoms with Gasteiger partial charge in [0.15, 0.2) is 0 Å². The van der Waals surface area contributed by atoms with Crippen LogP contribution in [0.5, 0.6) is 0 Å². The number of fused-ring (bicyclic) bond motifs is 9. The van der Waals surface area contributed by atoms with Crippen LogP contribution in [0.15, 0.2) is 181 Å². The Morgan fingerprint density at radius 1 is 0.333 bits per heavy atom. The average Bonchev–Trinajstić information content (AvgIpc) is 3.85. The summed E-state index contributed by atoms with van der Waals surface area (Å²) in [5.74, 6) is 0. The summed E-state index contributed by atoms with van der Waals surface area (Å²) in [6.07, 6.45) is 3.92. The Balaban J connectivity index is 1.04. The normalized spacial score (nSPS) is 11.9. The van der Waals surface area contributed by atoms with Crippen LogP contribution in [0.3, 0.4) is 0 Å². The zero-order valence-corrected chi connectivity index (χ0v) is 27.5. The number of para-hydroxylation sites is 4. The van der Waals surface area contributed by atoms with Gasteiger partial charge in [-0.2, -0.15) is 0 Å². The van der Waals surface area contributed by atoms with Crippen molar-refractivity contribution in [2.75, 3.05) is 0 Å². The van der Waals surface area contributed by atoms with E-state index in [0.29, 0.717) is 0 Å². The number of pyridine rings is 1. The maximum Gasteiger partial charge on any atom is 0.135 e. The second kappa shape index (κ2) is 10.8. The molecule has 4 heterocycles. The lowest BCUT2D eigenvalue weighted by atomic mass is 9.99. The van der Waals surface area contributed by atoms with Gasteiger partial charge in [0.25, 0.3) is 0 Å². The summed E-state index contributed by atoms with van der Waals surface area (Å²) >= 11 is 0. The van der Waals surface area contributed by atoms with Crippen LogP contribution in [-0.4, -0.2) is 14.1 Å². The molecule has 4 aromatic heterocycles. The zero-order valence-electron chi connectivity index (χ0n) is 27.5. The molecule has 7 aromatic carbocycles. The molecule has 0 aliphatic carbocycles. The largest absolute Gasteiger partial charge is 0.456 e. The van der Waals surface area contributed by atoms with Gasteiger partial charge in [-0.1, -0.05) is 91.0 Å². The Morgan fingerprint density at radius 3 is 1.51 bits per heavy atom. The van der Waals surface area contributed by atoms with Crippen LogP contribution in [0.25, 0.3) is 99.2 Å². The van der Waals surface area contributed by atoms with Gasteiger partial charge in [0.05, 0.1) is 22.1 Å². The molecule has 0 atom stereocenters. The molecule has 0 aliphatic heterocycles. The van der Waals surface area contributed by atoms with E-state index >= 15 is 0 Å². The first-order valence-electron chi connectivity index (χ1n) is 17.3. The predicted molar refractivity (Wildman–Crippen MR) is 211 cm³/mol. The Morgan fingerprint density at radius 2 is 0.843 bits per heavy atom. The minimum atomic E-state index is 0.872. The van der Waals surface area contributed by atoms with E-state index in [4.69, 9.17) is 9.40 Å². The molecule has 51 heavy (non-hydrogen) atoms. The topological polar surface area (TPSA) is 35.9 Å². The van der Waals surface area contributed by atoms with Crippen molar-refractivity contribution in [3.05, 3.63) is 176 Å². The van der Waals surface area contributed by atoms with Crippen molar-refractivity contribution in [3.8, 4) is 33.6 Å². The van der Waals surface area contributed by atoms with Gasteiger partial charge in [0.1, 0.15) is 11.2 Å². The molecule has 0 unspecified atom stereocenters. The highest BCUT2D eigenvalue weighted by Gasteiger charge is 2.16. The number of hydrogen-bond acceptors (Lipinski definition) is 2. The number of benzene rings is 7. The summed E-state index contributed by atoms with van der Waals surface area (Å²) in [6, 6.07) is 58.5. The van der Waals surface area contributed by atoms with Crippen molar-refractivity contribution >= 4 is 65.6 Å². The second-order valence-electron chi connectivity index (χ2n) is 13.2. The van der Waals surface area contributed by atoms with Crippen molar-refractivity contribution in [2.24, 2.45) is 0 Å². The maximum atomic E-state index is 6.37. The molecule has 0 amide bonds. The molecule has 0 saturated carbocycles. The summed E-state index contributed by atoms with van der Waals surface area (Å²) in [5, 5.41) is 7.16. The fraction of sp³-hybridized carbons (Fsp3) is 0. The van der Waals surface area contributed by atoms with E-state index in [1.807, 2.05) is 12.4 Å². The number of nitrogens with zero attached hydrogens (tertiary/aromatic N) is 3. The Labute approximate surface area is 293 Å². The van der Waals surface area contributed by atoms with Crippen LogP contribution in [0.1, 0.15) is 0 Å². The number of rotatable bonds is 4. The van der Waals surface area contributed by atoms with Gasteiger partial charge in [0, 0.05) is 67.2 Å². The highest BCUT2D eigenvalue weighted by molar-refractivity contribution is 6.12. The predicted octanol–water partition coefficient (Wildman–Crippen LogP) is 12.5. The third-order valence-electron chi connectivity index (χ3n) is 10.4. The molecule has 4 nitrogen and oxygen atoms in total. The van der Waals surface area contributed by atoms with E-state index in [1.54, 1.807) is 0 Å². The molecule has 0 N–H and O–H groups in total. The highest BCUT2D eigenvalue weighted by Crippen LogP contribution is 2.38. The minimum Gasteiger partial charge on any atom is -0.456 e. The number of hydrogen-bond donors (Lipinski definition) is 0. The van der Waals surface area contributed by atoms with Crippen molar-refractivity contribution < 1.29 is 4.42 Å². The molecule has 11 rings (SSSR count). The maximum absolute atomic E-state index is 6.37. The van der Waals surface area contributed by atoms with E-state index in [0.717, 1.165) is 55.6 Å². The van der Waals surface area contributed by atoms with E-state index in [2.05, 4.69) is 173 Å². The second-order valence-corrected chi connectivity index (χ2v) is 13.2. The number of aromatic nitrogens is 3. The Bertz CT molecular complexity index is 3090. The standard InChI is InChI=1S/C47H29N3O/c1-2-10-34(11-3-1)49-42-15-7-6-14-38(42)39-21-18-31(26-45(39)49)33-24-32(28-48-29-33)30-19-22-46-40(25-30)41-27-35(20-23-47(41)51-46)50-43-16-8-4-12-36(43)37-13-5-9-17-44(37)50/h1-29H. The molecule has 11 aromatic rings. The Kier molecular flexibility index (Phi) is 5.92. The summed E-state index contributed by atoms with van der Waals surface area (Å²) in [6.45, 7) is 0. The molecule has 0 spiro atoms. The van der Waals surface area contributed by atoms with E-state index < -0.39 is 0 Å². The third-order valence-corrected chi connectivity index (χ3v) is 10.4. The summed E-state index contributed by atoms with van der Waals surface area (Å²) in [5.41, 5.74) is 13.1. The summed E-state index contributed by atoms with van der Waals surface area (Å²) in [4.78, 5) is 4.74. The van der Waals surface area contributed by atoms with Gasteiger partial charge in [-0.05, 0) is 83.9 Å². The van der Waals surface area contributed by atoms with E-state index in [9.17, 15) is 0 Å². The first-order valence-corrected chi connectivity index (χ1v) is 17.3. The molecule has 0 bridgehead atoms. The fourth-order valence-corrected chi connectivity index (χ4v) is 8.05. The first-order chi connectivity index (χ1) is 25.3. The lowest BCUT2D eigenvalue weighted by molar-refractivity contribution is 0.669. The van der Waals surface area contributed by atoms with Crippen LogP contribution in [0.4, 0.5) is 0 Å². The third kappa shape index (κ3) is 4.23. The van der Waals surface area contributed by atoms with E-state index in [1.165, 1.54) is 43.6 Å². The monoisotopic (exact) mass is 651 g/mol. The smallest absolute Gasteiger partial charge is 0.135 e. The van der Waals surface area contributed by atoms with Gasteiger partial charge in [-0.15, -0.1) is 0 Å². The van der Waals surface area contributed by atoms with Gasteiger partial charge < -0.3 is 13.6 Å². The molecule has 4 heteroatoms. The quantitative estimate of drug-likeness (QED) is 0.190. The molecule has 238 valence electrons. The van der Waals surface area contributed by atoms with Crippen LogP contribution < -0.4 is 0 Å². The molecule has 0 radical (unpaired) electrons. The van der Waals surface area contributed by atoms with E-state index in [-0.39, 0.29) is 0 Å². The molecule has 0 aliphatic rings.